The number of hydrogen-bond acceptors (Lipinski definition) is 3. The molecule has 1 saturated carbocycles. The van der Waals surface area contributed by atoms with Crippen LogP contribution in [0.5, 0.6) is 0 Å². The summed E-state index contributed by atoms with van der Waals surface area (Å²) in [6.07, 6.45) is 6.85. The second-order valence-electron chi connectivity index (χ2n) is 6.43. The second-order valence-corrected chi connectivity index (χ2v) is 6.43. The second kappa shape index (κ2) is 6.71. The van der Waals surface area contributed by atoms with Crippen LogP contribution in [0.4, 0.5) is 0 Å². The van der Waals surface area contributed by atoms with Crippen LogP contribution in [-0.4, -0.2) is 42.1 Å². The number of likely N-dealkylation sites (tertiary alicyclic amines) is 1. The average molecular weight is 268 g/mol. The number of rotatable bonds is 3. The van der Waals surface area contributed by atoms with E-state index in [1.165, 1.54) is 12.8 Å². The molecule has 0 aromatic carbocycles. The molecule has 1 aliphatic heterocycles. The number of nitrogens with zero attached hydrogens (tertiary/aromatic N) is 1. The van der Waals surface area contributed by atoms with E-state index < -0.39 is 0 Å². The van der Waals surface area contributed by atoms with E-state index in [0.717, 1.165) is 38.1 Å². The summed E-state index contributed by atoms with van der Waals surface area (Å²) in [6, 6.07) is 0.504. The van der Waals surface area contributed by atoms with Gasteiger partial charge in [0.2, 0.25) is 5.91 Å². The summed E-state index contributed by atoms with van der Waals surface area (Å²) >= 11 is 0. The van der Waals surface area contributed by atoms with Crippen LogP contribution >= 0.6 is 0 Å². The SMILES string of the molecule is C[C@@H]1CCC[C@H](OCC(=O)N2CC[C@H](N)C[C@H]2C)C1. The molecule has 4 heteroatoms. The number of amides is 1. The van der Waals surface area contributed by atoms with Gasteiger partial charge >= 0.3 is 0 Å². The molecule has 1 aliphatic carbocycles. The molecule has 4 nitrogen and oxygen atoms in total. The van der Waals surface area contributed by atoms with Crippen molar-refractivity contribution in [2.45, 2.75) is 70.6 Å². The zero-order chi connectivity index (χ0) is 13.8. The first-order chi connectivity index (χ1) is 9.06. The molecule has 1 amide bonds. The third kappa shape index (κ3) is 4.18. The minimum Gasteiger partial charge on any atom is -0.368 e. The van der Waals surface area contributed by atoms with Gasteiger partial charge in [0, 0.05) is 18.6 Å². The van der Waals surface area contributed by atoms with Crippen LogP contribution in [0.2, 0.25) is 0 Å². The van der Waals surface area contributed by atoms with Gasteiger partial charge in [-0.15, -0.1) is 0 Å². The summed E-state index contributed by atoms with van der Waals surface area (Å²) in [5, 5.41) is 0. The van der Waals surface area contributed by atoms with Gasteiger partial charge in [0.05, 0.1) is 6.10 Å². The average Bonchev–Trinajstić information content (AvgIpc) is 2.36. The van der Waals surface area contributed by atoms with E-state index in [-0.39, 0.29) is 30.7 Å². The van der Waals surface area contributed by atoms with Crippen LogP contribution in [0.25, 0.3) is 0 Å². The molecule has 2 N–H and O–H groups in total. The zero-order valence-corrected chi connectivity index (χ0v) is 12.3. The van der Waals surface area contributed by atoms with Crippen LogP contribution in [0, 0.1) is 5.92 Å². The predicted molar refractivity (Wildman–Crippen MR) is 75.8 cm³/mol. The van der Waals surface area contributed by atoms with Crippen LogP contribution in [0.15, 0.2) is 0 Å². The fourth-order valence-electron chi connectivity index (χ4n) is 3.38. The zero-order valence-electron chi connectivity index (χ0n) is 12.3. The van der Waals surface area contributed by atoms with Crippen LogP contribution in [-0.2, 0) is 9.53 Å². The lowest BCUT2D eigenvalue weighted by Gasteiger charge is -2.37. The van der Waals surface area contributed by atoms with Crippen molar-refractivity contribution >= 4 is 5.91 Å². The first-order valence-electron chi connectivity index (χ1n) is 7.73. The highest BCUT2D eigenvalue weighted by molar-refractivity contribution is 5.77. The van der Waals surface area contributed by atoms with Gasteiger partial charge in [0.15, 0.2) is 0 Å². The van der Waals surface area contributed by atoms with Crippen molar-refractivity contribution < 1.29 is 9.53 Å². The Labute approximate surface area is 116 Å². The van der Waals surface area contributed by atoms with Crippen LogP contribution < -0.4 is 5.73 Å². The normalized spacial score (nSPS) is 36.3. The van der Waals surface area contributed by atoms with E-state index in [2.05, 4.69) is 13.8 Å². The van der Waals surface area contributed by atoms with Gasteiger partial charge in [0.1, 0.15) is 6.61 Å². The van der Waals surface area contributed by atoms with Crippen molar-refractivity contribution in [1.29, 1.82) is 0 Å². The molecule has 1 saturated heterocycles. The standard InChI is InChI=1S/C15H28N2O2/c1-11-4-3-5-14(8-11)19-10-15(18)17-7-6-13(16)9-12(17)2/h11-14H,3-10,16H2,1-2H3/t11-,12-,13+,14+/m1/s1. The third-order valence-corrected chi connectivity index (χ3v) is 4.57. The van der Waals surface area contributed by atoms with E-state index >= 15 is 0 Å². The summed E-state index contributed by atoms with van der Waals surface area (Å²) in [5.74, 6) is 0.874. The van der Waals surface area contributed by atoms with Gasteiger partial charge in [-0.1, -0.05) is 19.8 Å². The number of carbonyl (C=O) groups is 1. The lowest BCUT2D eigenvalue weighted by Crippen LogP contribution is -2.49. The van der Waals surface area contributed by atoms with E-state index in [1.807, 2.05) is 4.90 Å². The highest BCUT2D eigenvalue weighted by atomic mass is 16.5. The number of nitrogens with two attached hydrogens (primary N) is 1. The van der Waals surface area contributed by atoms with Crippen molar-refractivity contribution in [3.8, 4) is 0 Å². The highest BCUT2D eigenvalue weighted by Gasteiger charge is 2.28. The van der Waals surface area contributed by atoms with Crippen molar-refractivity contribution in [2.75, 3.05) is 13.2 Å². The molecule has 4 atom stereocenters. The Bertz CT molecular complexity index is 309. The van der Waals surface area contributed by atoms with Gasteiger partial charge in [0.25, 0.3) is 0 Å². The molecule has 0 unspecified atom stereocenters. The number of carbonyl (C=O) groups excluding carboxylic acids is 1. The van der Waals surface area contributed by atoms with Gasteiger partial charge in [-0.05, 0) is 38.5 Å². The Kier molecular flexibility index (Phi) is 5.22. The molecule has 2 rings (SSSR count). The van der Waals surface area contributed by atoms with Gasteiger partial charge in [-0.3, -0.25) is 4.79 Å². The smallest absolute Gasteiger partial charge is 0.248 e. The molecular weight excluding hydrogens is 240 g/mol. The van der Waals surface area contributed by atoms with E-state index in [4.69, 9.17) is 10.5 Å². The molecule has 0 spiro atoms. The first-order valence-corrected chi connectivity index (χ1v) is 7.73. The molecule has 19 heavy (non-hydrogen) atoms. The number of hydrogen-bond donors (Lipinski definition) is 1. The molecule has 110 valence electrons. The first kappa shape index (κ1) is 14.8. The topological polar surface area (TPSA) is 55.6 Å². The molecule has 2 fully saturated rings. The lowest BCUT2D eigenvalue weighted by atomic mass is 9.89. The van der Waals surface area contributed by atoms with Crippen LogP contribution in [0.3, 0.4) is 0 Å². The molecule has 0 radical (unpaired) electrons. The monoisotopic (exact) mass is 268 g/mol. The molecular formula is C15H28N2O2. The van der Waals surface area contributed by atoms with Crippen LogP contribution in [0.1, 0.15) is 52.4 Å². The Hall–Kier alpha value is -0.610. The van der Waals surface area contributed by atoms with Crippen molar-refractivity contribution in [3.05, 3.63) is 0 Å². The Morgan fingerprint density at radius 2 is 2.05 bits per heavy atom. The van der Waals surface area contributed by atoms with E-state index in [9.17, 15) is 4.79 Å². The van der Waals surface area contributed by atoms with E-state index in [1.54, 1.807) is 0 Å². The third-order valence-electron chi connectivity index (χ3n) is 4.57. The van der Waals surface area contributed by atoms with Gasteiger partial charge < -0.3 is 15.4 Å². The lowest BCUT2D eigenvalue weighted by molar-refractivity contribution is -0.142. The quantitative estimate of drug-likeness (QED) is 0.851. The summed E-state index contributed by atoms with van der Waals surface area (Å²) < 4.78 is 5.82. The molecule has 2 aliphatic rings. The molecule has 0 aromatic heterocycles. The maximum atomic E-state index is 12.2. The van der Waals surface area contributed by atoms with Gasteiger partial charge in [-0.2, -0.15) is 0 Å². The maximum absolute atomic E-state index is 12.2. The predicted octanol–water partition coefficient (Wildman–Crippen LogP) is 1.92. The number of ether oxygens (including phenoxy) is 1. The molecule has 0 bridgehead atoms. The van der Waals surface area contributed by atoms with Gasteiger partial charge in [-0.25, -0.2) is 0 Å². The summed E-state index contributed by atoms with van der Waals surface area (Å²) in [4.78, 5) is 14.1. The fraction of sp³-hybridized carbons (Fsp3) is 0.933. The Morgan fingerprint density at radius 1 is 1.26 bits per heavy atom. The summed E-state index contributed by atoms with van der Waals surface area (Å²) in [7, 11) is 0. The fourth-order valence-corrected chi connectivity index (χ4v) is 3.38. The number of piperidine rings is 1. The minimum atomic E-state index is 0.137. The van der Waals surface area contributed by atoms with Crippen molar-refractivity contribution in [2.24, 2.45) is 11.7 Å². The van der Waals surface area contributed by atoms with E-state index in [0.29, 0.717) is 0 Å². The highest BCUT2D eigenvalue weighted by Crippen LogP contribution is 2.26. The minimum absolute atomic E-state index is 0.137. The van der Waals surface area contributed by atoms with Crippen molar-refractivity contribution in [3.63, 3.8) is 0 Å². The Balaban J connectivity index is 1.74. The van der Waals surface area contributed by atoms with Crippen molar-refractivity contribution in [1.82, 2.24) is 4.90 Å². The largest absolute Gasteiger partial charge is 0.368 e. The summed E-state index contributed by atoms with van der Waals surface area (Å²) in [5.41, 5.74) is 5.92. The molecule has 0 aromatic rings. The summed E-state index contributed by atoms with van der Waals surface area (Å²) in [6.45, 7) is 5.38. The maximum Gasteiger partial charge on any atom is 0.248 e. The molecule has 1 heterocycles. The Morgan fingerprint density at radius 3 is 2.74 bits per heavy atom.